The molecule has 1 unspecified atom stereocenters. The SMILES string of the molecule is Cc1c(Br)c(C(F)(F)F)nn1C(C)C(=O)Nc1ccccc1C(F)(F)F. The molecule has 11 heteroatoms. The van der Waals surface area contributed by atoms with Gasteiger partial charge in [-0.15, -0.1) is 0 Å². The largest absolute Gasteiger partial charge is 0.436 e. The molecule has 0 fully saturated rings. The molecule has 1 heterocycles. The first-order chi connectivity index (χ1) is 11.8. The Bertz CT molecular complexity index is 828. The van der Waals surface area contributed by atoms with Crippen LogP contribution in [0.3, 0.4) is 0 Å². The second-order valence-electron chi connectivity index (χ2n) is 5.40. The van der Waals surface area contributed by atoms with Crippen LogP contribution in [0.4, 0.5) is 32.0 Å². The van der Waals surface area contributed by atoms with E-state index in [1.807, 2.05) is 0 Å². The lowest BCUT2D eigenvalue weighted by atomic mass is 10.1. The number of benzene rings is 1. The van der Waals surface area contributed by atoms with E-state index in [0.717, 1.165) is 22.9 Å². The molecule has 1 N–H and O–H groups in total. The Balaban J connectivity index is 2.33. The highest BCUT2D eigenvalue weighted by atomic mass is 79.9. The first kappa shape index (κ1) is 20.3. The van der Waals surface area contributed by atoms with Gasteiger partial charge in [-0.1, -0.05) is 12.1 Å². The molecule has 0 saturated carbocycles. The van der Waals surface area contributed by atoms with Crippen molar-refractivity contribution in [2.24, 2.45) is 0 Å². The van der Waals surface area contributed by atoms with Gasteiger partial charge in [0.15, 0.2) is 5.69 Å². The molecular formula is C15H12BrF6N3O. The molecule has 0 spiro atoms. The molecule has 142 valence electrons. The van der Waals surface area contributed by atoms with Crippen LogP contribution in [0.2, 0.25) is 0 Å². The normalized spacial score (nSPS) is 13.6. The fourth-order valence-electron chi connectivity index (χ4n) is 2.24. The van der Waals surface area contributed by atoms with Gasteiger partial charge in [0.2, 0.25) is 5.91 Å². The maximum Gasteiger partial charge on any atom is 0.436 e. The van der Waals surface area contributed by atoms with Gasteiger partial charge in [-0.2, -0.15) is 31.4 Å². The van der Waals surface area contributed by atoms with Crippen molar-refractivity contribution in [3.63, 3.8) is 0 Å². The number of para-hydroxylation sites is 1. The van der Waals surface area contributed by atoms with E-state index < -0.39 is 41.2 Å². The Hall–Kier alpha value is -2.04. The van der Waals surface area contributed by atoms with E-state index in [1.165, 1.54) is 19.9 Å². The van der Waals surface area contributed by atoms with E-state index in [9.17, 15) is 31.1 Å². The minimum absolute atomic E-state index is 0.0177. The molecule has 2 rings (SSSR count). The quantitative estimate of drug-likeness (QED) is 0.663. The molecule has 1 atom stereocenters. The van der Waals surface area contributed by atoms with Gasteiger partial charge in [0.1, 0.15) is 6.04 Å². The van der Waals surface area contributed by atoms with E-state index in [-0.39, 0.29) is 10.2 Å². The molecule has 26 heavy (non-hydrogen) atoms. The molecule has 2 aromatic rings. The van der Waals surface area contributed by atoms with Crippen molar-refractivity contribution in [1.82, 2.24) is 9.78 Å². The number of carbonyl (C=O) groups excluding carboxylic acids is 1. The third-order valence-electron chi connectivity index (χ3n) is 3.58. The molecule has 0 aliphatic rings. The number of aromatic nitrogens is 2. The second kappa shape index (κ2) is 6.93. The lowest BCUT2D eigenvalue weighted by Gasteiger charge is -2.17. The van der Waals surface area contributed by atoms with Gasteiger partial charge in [0, 0.05) is 0 Å². The molecular weight excluding hydrogens is 432 g/mol. The second-order valence-corrected chi connectivity index (χ2v) is 6.19. The van der Waals surface area contributed by atoms with Crippen LogP contribution in [-0.2, 0) is 17.1 Å². The van der Waals surface area contributed by atoms with E-state index in [4.69, 9.17) is 0 Å². The van der Waals surface area contributed by atoms with Crippen molar-refractivity contribution in [1.29, 1.82) is 0 Å². The zero-order chi connectivity index (χ0) is 19.9. The lowest BCUT2D eigenvalue weighted by Crippen LogP contribution is -2.26. The number of carbonyl (C=O) groups is 1. The first-order valence-electron chi connectivity index (χ1n) is 7.13. The number of nitrogens with zero attached hydrogens (tertiary/aromatic N) is 2. The van der Waals surface area contributed by atoms with Crippen molar-refractivity contribution in [2.45, 2.75) is 32.2 Å². The summed E-state index contributed by atoms with van der Waals surface area (Å²) in [5.74, 6) is -0.937. The zero-order valence-corrected chi connectivity index (χ0v) is 14.9. The number of hydrogen-bond donors (Lipinski definition) is 1. The minimum atomic E-state index is -4.74. The Morgan fingerprint density at radius 3 is 2.23 bits per heavy atom. The number of hydrogen-bond acceptors (Lipinski definition) is 2. The summed E-state index contributed by atoms with van der Waals surface area (Å²) in [7, 11) is 0. The Morgan fingerprint density at radius 1 is 1.15 bits per heavy atom. The predicted molar refractivity (Wildman–Crippen MR) is 84.5 cm³/mol. The van der Waals surface area contributed by atoms with Crippen molar-refractivity contribution >= 4 is 27.5 Å². The highest BCUT2D eigenvalue weighted by Crippen LogP contribution is 2.37. The average Bonchev–Trinajstić information content (AvgIpc) is 2.82. The molecule has 0 saturated heterocycles. The van der Waals surface area contributed by atoms with E-state index in [0.29, 0.717) is 0 Å². The van der Waals surface area contributed by atoms with Gasteiger partial charge in [0.25, 0.3) is 0 Å². The maximum absolute atomic E-state index is 13.0. The summed E-state index contributed by atoms with van der Waals surface area (Å²) in [6.45, 7) is 2.54. The number of rotatable bonds is 3. The van der Waals surface area contributed by atoms with Crippen LogP contribution in [0.15, 0.2) is 28.7 Å². The van der Waals surface area contributed by atoms with Gasteiger partial charge >= 0.3 is 12.4 Å². The number of amides is 1. The molecule has 4 nitrogen and oxygen atoms in total. The molecule has 1 amide bonds. The Labute approximate surface area is 152 Å². The molecule has 1 aromatic carbocycles. The fourth-order valence-corrected chi connectivity index (χ4v) is 2.73. The van der Waals surface area contributed by atoms with Crippen LogP contribution in [0.5, 0.6) is 0 Å². The standard InChI is InChI=1S/C15H12BrF6N3O/c1-7-11(16)12(15(20,21)22)24-25(7)8(2)13(26)23-10-6-4-3-5-9(10)14(17,18)19/h3-6,8H,1-2H3,(H,23,26). The molecule has 1 aromatic heterocycles. The van der Waals surface area contributed by atoms with Crippen molar-refractivity contribution in [2.75, 3.05) is 5.32 Å². The van der Waals surface area contributed by atoms with E-state index >= 15 is 0 Å². The minimum Gasteiger partial charge on any atom is -0.324 e. The van der Waals surface area contributed by atoms with Crippen molar-refractivity contribution < 1.29 is 31.1 Å². The van der Waals surface area contributed by atoms with Gasteiger partial charge in [0.05, 0.1) is 21.4 Å². The summed E-state index contributed by atoms with van der Waals surface area (Å²) in [4.78, 5) is 12.3. The van der Waals surface area contributed by atoms with Crippen LogP contribution < -0.4 is 5.32 Å². The Kier molecular flexibility index (Phi) is 5.41. The van der Waals surface area contributed by atoms with Crippen molar-refractivity contribution in [3.05, 3.63) is 45.7 Å². The number of nitrogens with one attached hydrogen (secondary N) is 1. The summed E-state index contributed by atoms with van der Waals surface area (Å²) in [5.41, 5.74) is -2.75. The van der Waals surface area contributed by atoms with Crippen LogP contribution in [-0.4, -0.2) is 15.7 Å². The fraction of sp³-hybridized carbons (Fsp3) is 0.333. The number of anilines is 1. The highest BCUT2D eigenvalue weighted by Gasteiger charge is 2.39. The Morgan fingerprint density at radius 2 is 1.73 bits per heavy atom. The van der Waals surface area contributed by atoms with Crippen molar-refractivity contribution in [3.8, 4) is 0 Å². The summed E-state index contributed by atoms with van der Waals surface area (Å²) >= 11 is 2.78. The lowest BCUT2D eigenvalue weighted by molar-refractivity contribution is -0.142. The zero-order valence-electron chi connectivity index (χ0n) is 13.3. The van der Waals surface area contributed by atoms with Crippen LogP contribution in [0.1, 0.15) is 29.9 Å². The molecule has 0 aliphatic heterocycles. The smallest absolute Gasteiger partial charge is 0.324 e. The van der Waals surface area contributed by atoms with Gasteiger partial charge in [-0.25, -0.2) is 0 Å². The third-order valence-corrected chi connectivity index (χ3v) is 4.53. The summed E-state index contributed by atoms with van der Waals surface area (Å²) in [5, 5.41) is 5.47. The van der Waals surface area contributed by atoms with Gasteiger partial charge in [-0.05, 0) is 41.9 Å². The van der Waals surface area contributed by atoms with E-state index in [2.05, 4.69) is 26.3 Å². The third kappa shape index (κ3) is 4.02. The van der Waals surface area contributed by atoms with Crippen LogP contribution >= 0.6 is 15.9 Å². The summed E-state index contributed by atoms with van der Waals surface area (Å²) < 4.78 is 78.1. The highest BCUT2D eigenvalue weighted by molar-refractivity contribution is 9.10. The topological polar surface area (TPSA) is 46.9 Å². The van der Waals surface area contributed by atoms with Crippen LogP contribution in [0.25, 0.3) is 0 Å². The molecule has 0 radical (unpaired) electrons. The summed E-state index contributed by atoms with van der Waals surface area (Å²) in [6.07, 6.45) is -9.44. The monoisotopic (exact) mass is 443 g/mol. The first-order valence-corrected chi connectivity index (χ1v) is 7.92. The van der Waals surface area contributed by atoms with E-state index in [1.54, 1.807) is 0 Å². The number of alkyl halides is 6. The van der Waals surface area contributed by atoms with Crippen LogP contribution in [0, 0.1) is 6.92 Å². The van der Waals surface area contributed by atoms with Gasteiger partial charge < -0.3 is 5.32 Å². The molecule has 0 aliphatic carbocycles. The average molecular weight is 444 g/mol. The maximum atomic E-state index is 13.0. The number of halogens is 7. The van der Waals surface area contributed by atoms with Gasteiger partial charge in [-0.3, -0.25) is 9.48 Å². The molecule has 0 bridgehead atoms. The predicted octanol–water partition coefficient (Wildman–Crippen LogP) is 5.19. The summed E-state index contributed by atoms with van der Waals surface area (Å²) in [6, 6.07) is 3.03.